The Morgan fingerprint density at radius 3 is 2.48 bits per heavy atom. The Morgan fingerprint density at radius 2 is 1.93 bits per heavy atom. The zero-order chi connectivity index (χ0) is 20.2. The molecule has 0 bridgehead atoms. The molecule has 0 saturated heterocycles. The number of aliphatic hydroxyl groups is 1. The van der Waals surface area contributed by atoms with Crippen LogP contribution in [0.1, 0.15) is 54.9 Å². The summed E-state index contributed by atoms with van der Waals surface area (Å²) in [6, 6.07) is 7.33. The lowest BCUT2D eigenvalue weighted by Crippen LogP contribution is -2.47. The largest absolute Gasteiger partial charge is 0.388 e. The molecule has 5 heteroatoms. The molecule has 1 aromatic heterocycles. The number of benzene rings is 1. The van der Waals surface area contributed by atoms with E-state index in [4.69, 9.17) is 0 Å². The molecule has 1 aromatic carbocycles. The summed E-state index contributed by atoms with van der Waals surface area (Å²) in [6.45, 7) is 10.6. The first-order valence-corrected chi connectivity index (χ1v) is 8.54. The average molecular weight is 366 g/mol. The molecule has 0 radical (unpaired) electrons. The minimum Gasteiger partial charge on any atom is -0.388 e. The second kappa shape index (κ2) is 8.15. The Bertz CT molecular complexity index is 916. The van der Waals surface area contributed by atoms with Crippen LogP contribution in [0.3, 0.4) is 0 Å². The van der Waals surface area contributed by atoms with Crippen LogP contribution in [0.4, 0.5) is 4.39 Å². The van der Waals surface area contributed by atoms with Crippen LogP contribution in [-0.2, 0) is 0 Å². The standard InChI is InChI=1S/C22H23FN2O2/c1-14(2)18-10-17(11-19(23)12-18)7-6-16-8-9-20(24-13-16)21(26)25-15(3)22(4,5)27/h8-13,15,27H,1H2,2-5H3,(H,25,26). The Kier molecular flexibility index (Phi) is 6.14. The number of allylic oxidation sites excluding steroid dienone is 1. The van der Waals surface area contributed by atoms with Gasteiger partial charge < -0.3 is 10.4 Å². The van der Waals surface area contributed by atoms with Gasteiger partial charge in [-0.15, -0.1) is 0 Å². The highest BCUT2D eigenvalue weighted by Gasteiger charge is 2.24. The Hall–Kier alpha value is -2.97. The van der Waals surface area contributed by atoms with Crippen LogP contribution in [0.15, 0.2) is 43.1 Å². The monoisotopic (exact) mass is 366 g/mol. The van der Waals surface area contributed by atoms with Gasteiger partial charge in [-0.3, -0.25) is 4.79 Å². The average Bonchev–Trinajstić information content (AvgIpc) is 2.59. The topological polar surface area (TPSA) is 62.2 Å². The number of nitrogens with zero attached hydrogens (tertiary/aromatic N) is 1. The number of halogens is 1. The van der Waals surface area contributed by atoms with E-state index in [1.165, 1.54) is 18.3 Å². The van der Waals surface area contributed by atoms with E-state index in [9.17, 15) is 14.3 Å². The first-order valence-electron chi connectivity index (χ1n) is 8.54. The fraction of sp³-hybridized carbons (Fsp3) is 0.273. The Balaban J connectivity index is 2.14. The van der Waals surface area contributed by atoms with Crippen molar-refractivity contribution in [2.75, 3.05) is 0 Å². The summed E-state index contributed by atoms with van der Waals surface area (Å²) >= 11 is 0. The van der Waals surface area contributed by atoms with E-state index in [0.29, 0.717) is 16.7 Å². The molecule has 0 spiro atoms. The smallest absolute Gasteiger partial charge is 0.270 e. The van der Waals surface area contributed by atoms with Crippen molar-refractivity contribution in [1.82, 2.24) is 10.3 Å². The van der Waals surface area contributed by atoms with Crippen molar-refractivity contribution < 1.29 is 14.3 Å². The molecular weight excluding hydrogens is 343 g/mol. The van der Waals surface area contributed by atoms with E-state index in [0.717, 1.165) is 5.57 Å². The molecule has 0 aliphatic rings. The Morgan fingerprint density at radius 1 is 1.26 bits per heavy atom. The first-order chi connectivity index (χ1) is 12.6. The zero-order valence-electron chi connectivity index (χ0n) is 15.9. The van der Waals surface area contributed by atoms with Gasteiger partial charge in [-0.25, -0.2) is 9.37 Å². The lowest BCUT2D eigenvalue weighted by atomic mass is 10.0. The van der Waals surface area contributed by atoms with Gasteiger partial charge in [0.1, 0.15) is 11.5 Å². The lowest BCUT2D eigenvalue weighted by Gasteiger charge is -2.26. The number of hydrogen-bond donors (Lipinski definition) is 2. The summed E-state index contributed by atoms with van der Waals surface area (Å²) in [6.07, 6.45) is 1.48. The number of hydrogen-bond acceptors (Lipinski definition) is 3. The maximum absolute atomic E-state index is 13.7. The second-order valence-electron chi connectivity index (χ2n) is 7.04. The SMILES string of the molecule is C=C(C)c1cc(F)cc(C#Cc2ccc(C(=O)NC(C)C(C)(C)O)nc2)c1. The van der Waals surface area contributed by atoms with Gasteiger partial charge >= 0.3 is 0 Å². The normalized spacial score (nSPS) is 11.9. The number of pyridine rings is 1. The van der Waals surface area contributed by atoms with Gasteiger partial charge in [-0.2, -0.15) is 0 Å². The summed E-state index contributed by atoms with van der Waals surface area (Å²) in [5, 5.41) is 12.6. The van der Waals surface area contributed by atoms with Crippen molar-refractivity contribution in [3.8, 4) is 11.8 Å². The van der Waals surface area contributed by atoms with Gasteiger partial charge in [0.2, 0.25) is 0 Å². The quantitative estimate of drug-likeness (QED) is 0.814. The van der Waals surface area contributed by atoms with E-state index in [1.807, 2.05) is 0 Å². The van der Waals surface area contributed by atoms with Crippen LogP contribution in [0.5, 0.6) is 0 Å². The van der Waals surface area contributed by atoms with Gasteiger partial charge in [0.25, 0.3) is 5.91 Å². The second-order valence-corrected chi connectivity index (χ2v) is 7.04. The van der Waals surface area contributed by atoms with Crippen LogP contribution in [0, 0.1) is 17.7 Å². The molecule has 1 amide bonds. The first kappa shape index (κ1) is 20.3. The zero-order valence-corrected chi connectivity index (χ0v) is 15.9. The summed E-state index contributed by atoms with van der Waals surface area (Å²) in [7, 11) is 0. The molecule has 0 fully saturated rings. The molecular formula is C22H23FN2O2. The van der Waals surface area contributed by atoms with Crippen molar-refractivity contribution in [2.24, 2.45) is 0 Å². The molecule has 2 N–H and O–H groups in total. The number of nitrogens with one attached hydrogen (secondary N) is 1. The highest BCUT2D eigenvalue weighted by molar-refractivity contribution is 5.92. The summed E-state index contributed by atoms with van der Waals surface area (Å²) in [5.41, 5.74) is 1.79. The highest BCUT2D eigenvalue weighted by Crippen LogP contribution is 2.15. The van der Waals surface area contributed by atoms with Crippen molar-refractivity contribution in [1.29, 1.82) is 0 Å². The minimum absolute atomic E-state index is 0.229. The van der Waals surface area contributed by atoms with E-state index in [-0.39, 0.29) is 17.4 Å². The predicted molar refractivity (Wildman–Crippen MR) is 105 cm³/mol. The van der Waals surface area contributed by atoms with Crippen molar-refractivity contribution in [3.63, 3.8) is 0 Å². The van der Waals surface area contributed by atoms with Crippen LogP contribution >= 0.6 is 0 Å². The number of amides is 1. The van der Waals surface area contributed by atoms with E-state index in [1.54, 1.807) is 45.9 Å². The maximum Gasteiger partial charge on any atom is 0.270 e. The molecule has 27 heavy (non-hydrogen) atoms. The van der Waals surface area contributed by atoms with Crippen molar-refractivity contribution in [2.45, 2.75) is 39.3 Å². The molecule has 140 valence electrons. The third kappa shape index (κ3) is 5.77. The van der Waals surface area contributed by atoms with Crippen LogP contribution in [0.2, 0.25) is 0 Å². The molecule has 1 unspecified atom stereocenters. The Labute approximate surface area is 159 Å². The van der Waals surface area contributed by atoms with Crippen LogP contribution < -0.4 is 5.32 Å². The lowest BCUT2D eigenvalue weighted by molar-refractivity contribution is 0.0407. The fourth-order valence-corrected chi connectivity index (χ4v) is 2.10. The summed E-state index contributed by atoms with van der Waals surface area (Å²) < 4.78 is 13.7. The fourth-order valence-electron chi connectivity index (χ4n) is 2.10. The van der Waals surface area contributed by atoms with Gasteiger partial charge in [0, 0.05) is 17.3 Å². The van der Waals surface area contributed by atoms with E-state index in [2.05, 4.69) is 28.7 Å². The molecule has 4 nitrogen and oxygen atoms in total. The number of carbonyl (C=O) groups is 1. The number of carbonyl (C=O) groups excluding carboxylic acids is 1. The van der Waals surface area contributed by atoms with Crippen molar-refractivity contribution >= 4 is 11.5 Å². The van der Waals surface area contributed by atoms with Gasteiger partial charge in [-0.1, -0.05) is 24.0 Å². The molecule has 2 rings (SSSR count). The molecule has 0 saturated carbocycles. The third-order valence-corrected chi connectivity index (χ3v) is 4.15. The molecule has 1 heterocycles. The summed E-state index contributed by atoms with van der Waals surface area (Å²) in [4.78, 5) is 16.3. The van der Waals surface area contributed by atoms with E-state index < -0.39 is 11.6 Å². The minimum atomic E-state index is -1.03. The highest BCUT2D eigenvalue weighted by atomic mass is 19.1. The van der Waals surface area contributed by atoms with Gasteiger partial charge in [0.15, 0.2) is 0 Å². The van der Waals surface area contributed by atoms with Crippen LogP contribution in [-0.4, -0.2) is 27.6 Å². The molecule has 1 atom stereocenters. The van der Waals surface area contributed by atoms with Gasteiger partial charge in [0.05, 0.1) is 11.6 Å². The number of aromatic nitrogens is 1. The number of rotatable bonds is 4. The summed E-state index contributed by atoms with van der Waals surface area (Å²) in [5.74, 6) is 5.05. The van der Waals surface area contributed by atoms with Crippen LogP contribution in [0.25, 0.3) is 5.57 Å². The van der Waals surface area contributed by atoms with Crippen molar-refractivity contribution in [3.05, 3.63) is 71.3 Å². The predicted octanol–water partition coefficient (Wildman–Crippen LogP) is 3.54. The molecule has 2 aromatic rings. The maximum atomic E-state index is 13.7. The molecule has 0 aliphatic heterocycles. The third-order valence-electron chi connectivity index (χ3n) is 4.15. The van der Waals surface area contributed by atoms with E-state index >= 15 is 0 Å². The molecule has 0 aliphatic carbocycles. The van der Waals surface area contributed by atoms with Gasteiger partial charge in [-0.05, 0) is 63.6 Å².